The average Bonchev–Trinajstić information content (AvgIpc) is 2.90. The Kier molecular flexibility index (Phi) is 3.84. The highest BCUT2D eigenvalue weighted by molar-refractivity contribution is 5.55. The zero-order valence-electron chi connectivity index (χ0n) is 12.1. The van der Waals surface area contributed by atoms with Crippen molar-refractivity contribution in [2.45, 2.75) is 31.3 Å². The predicted octanol–water partition coefficient (Wildman–Crippen LogP) is 4.50. The molecule has 0 spiro atoms. The van der Waals surface area contributed by atoms with Gasteiger partial charge in [0, 0.05) is 23.1 Å². The molecule has 0 saturated heterocycles. The molecule has 126 valence electrons. The quantitative estimate of drug-likeness (QED) is 0.600. The predicted molar refractivity (Wildman–Crippen MR) is 75.2 cm³/mol. The van der Waals surface area contributed by atoms with Crippen LogP contribution in [0.5, 0.6) is 0 Å². The third kappa shape index (κ3) is 2.65. The number of hydrogen-bond donors (Lipinski definition) is 1. The number of aliphatic hydroxyl groups excluding tert-OH is 1. The van der Waals surface area contributed by atoms with Crippen molar-refractivity contribution >= 4 is 5.69 Å². The first kappa shape index (κ1) is 16.5. The third-order valence-corrected chi connectivity index (χ3v) is 4.03. The first-order valence-corrected chi connectivity index (χ1v) is 7.04. The molecule has 0 saturated carbocycles. The van der Waals surface area contributed by atoms with Crippen LogP contribution in [0.15, 0.2) is 24.4 Å². The Morgan fingerprint density at radius 1 is 1.25 bits per heavy atom. The maximum Gasteiger partial charge on any atom is 0.418 e. The minimum atomic E-state index is -4.79. The number of aromatic nitrogens is 1. The van der Waals surface area contributed by atoms with Crippen molar-refractivity contribution in [3.8, 4) is 5.69 Å². The molecule has 0 amide bonds. The molecule has 0 fully saturated rings. The lowest BCUT2D eigenvalue weighted by Crippen LogP contribution is -2.24. The second kappa shape index (κ2) is 5.60. The van der Waals surface area contributed by atoms with Crippen LogP contribution in [0.1, 0.15) is 29.3 Å². The van der Waals surface area contributed by atoms with Crippen molar-refractivity contribution in [2.24, 2.45) is 0 Å². The van der Waals surface area contributed by atoms with Gasteiger partial charge in [-0.25, -0.2) is 13.6 Å². The van der Waals surface area contributed by atoms with E-state index in [9.17, 15) is 27.1 Å². The van der Waals surface area contributed by atoms with Gasteiger partial charge in [-0.15, -0.1) is 0 Å². The number of nitrogens with zero attached hydrogens (tertiary/aromatic N) is 2. The summed E-state index contributed by atoms with van der Waals surface area (Å²) in [7, 11) is 0. The molecular formula is C16H11F5N2O. The van der Waals surface area contributed by atoms with Gasteiger partial charge in [0.05, 0.1) is 12.1 Å². The molecule has 2 atom stereocenters. The van der Waals surface area contributed by atoms with Crippen molar-refractivity contribution in [3.63, 3.8) is 0 Å². The van der Waals surface area contributed by atoms with Crippen LogP contribution in [-0.4, -0.2) is 15.8 Å². The van der Waals surface area contributed by atoms with E-state index in [0.29, 0.717) is 6.20 Å². The Hall–Kier alpha value is -2.40. The summed E-state index contributed by atoms with van der Waals surface area (Å²) in [6.45, 7) is 6.93. The van der Waals surface area contributed by atoms with Crippen LogP contribution in [0.25, 0.3) is 10.5 Å². The van der Waals surface area contributed by atoms with Crippen LogP contribution in [0.4, 0.5) is 27.6 Å². The highest BCUT2D eigenvalue weighted by Gasteiger charge is 2.42. The van der Waals surface area contributed by atoms with E-state index in [2.05, 4.69) is 4.85 Å². The third-order valence-electron chi connectivity index (χ3n) is 4.03. The van der Waals surface area contributed by atoms with Gasteiger partial charge < -0.3 is 9.67 Å². The van der Waals surface area contributed by atoms with Crippen LogP contribution in [0, 0.1) is 12.4 Å². The molecule has 2 aromatic rings. The van der Waals surface area contributed by atoms with Gasteiger partial charge in [-0.2, -0.15) is 13.2 Å². The van der Waals surface area contributed by atoms with E-state index in [1.54, 1.807) is 0 Å². The zero-order valence-corrected chi connectivity index (χ0v) is 12.1. The number of aliphatic hydroxyl groups is 1. The van der Waals surface area contributed by atoms with Gasteiger partial charge in [0.1, 0.15) is 18.1 Å². The zero-order chi connectivity index (χ0) is 17.6. The first-order valence-electron chi connectivity index (χ1n) is 7.04. The molecule has 3 nitrogen and oxygen atoms in total. The van der Waals surface area contributed by atoms with Crippen LogP contribution in [0.3, 0.4) is 0 Å². The van der Waals surface area contributed by atoms with E-state index in [-0.39, 0.29) is 29.9 Å². The van der Waals surface area contributed by atoms with Crippen LogP contribution in [0.2, 0.25) is 0 Å². The SMILES string of the molecule is [C-]#[N+]c1cc(F)cc(-n2cc(C(F)(F)F)c3c2CCC(F)C3O)c1. The van der Waals surface area contributed by atoms with Crippen molar-refractivity contribution < 1.29 is 27.1 Å². The molecule has 1 aliphatic carbocycles. The van der Waals surface area contributed by atoms with Crippen LogP contribution in [-0.2, 0) is 12.6 Å². The molecule has 0 radical (unpaired) electrons. The van der Waals surface area contributed by atoms with Crippen molar-refractivity contribution in [1.82, 2.24) is 4.57 Å². The molecule has 8 heteroatoms. The van der Waals surface area contributed by atoms with Crippen molar-refractivity contribution in [2.75, 3.05) is 0 Å². The highest BCUT2D eigenvalue weighted by atomic mass is 19.4. The molecule has 1 aromatic carbocycles. The molecule has 24 heavy (non-hydrogen) atoms. The van der Waals surface area contributed by atoms with Gasteiger partial charge in [0.15, 0.2) is 5.69 Å². The standard InChI is InChI=1S/C16H11F5N2O/c1-22-9-4-8(17)5-10(6-9)23-7-11(16(19,20)21)14-13(23)3-2-12(18)15(14)24/h4-7,12,15,24H,2-3H2. The molecular weight excluding hydrogens is 331 g/mol. The fourth-order valence-corrected chi connectivity index (χ4v) is 2.98. The van der Waals surface area contributed by atoms with E-state index in [1.165, 1.54) is 6.07 Å². The van der Waals surface area contributed by atoms with Gasteiger partial charge in [0.25, 0.3) is 0 Å². The minimum Gasteiger partial charge on any atom is -0.385 e. The lowest BCUT2D eigenvalue weighted by Gasteiger charge is -2.25. The Morgan fingerprint density at radius 3 is 2.58 bits per heavy atom. The lowest BCUT2D eigenvalue weighted by atomic mass is 9.90. The topological polar surface area (TPSA) is 29.5 Å². The molecule has 1 N–H and O–H groups in total. The molecule has 2 unspecified atom stereocenters. The van der Waals surface area contributed by atoms with Gasteiger partial charge in [-0.05, 0) is 31.0 Å². The molecule has 0 aliphatic heterocycles. The Labute approximate surface area is 133 Å². The summed E-state index contributed by atoms with van der Waals surface area (Å²) >= 11 is 0. The molecule has 0 bridgehead atoms. The monoisotopic (exact) mass is 342 g/mol. The smallest absolute Gasteiger partial charge is 0.385 e. The van der Waals surface area contributed by atoms with Gasteiger partial charge >= 0.3 is 6.18 Å². The second-order valence-electron chi connectivity index (χ2n) is 5.55. The number of halogens is 5. The first-order chi connectivity index (χ1) is 11.2. The van der Waals surface area contributed by atoms with Crippen LogP contribution >= 0.6 is 0 Å². The lowest BCUT2D eigenvalue weighted by molar-refractivity contribution is -0.139. The summed E-state index contributed by atoms with van der Waals surface area (Å²) in [5.41, 5.74) is -1.64. The largest absolute Gasteiger partial charge is 0.418 e. The Morgan fingerprint density at radius 2 is 1.96 bits per heavy atom. The summed E-state index contributed by atoms with van der Waals surface area (Å²) in [6, 6.07) is 3.19. The van der Waals surface area contributed by atoms with Gasteiger partial charge in [-0.1, -0.05) is 0 Å². The normalized spacial score (nSPS) is 20.5. The molecule has 1 heterocycles. The average molecular weight is 342 g/mol. The Balaban J connectivity index is 2.26. The van der Waals surface area contributed by atoms with Gasteiger partial charge in [0.2, 0.25) is 0 Å². The minimum absolute atomic E-state index is 0.0252. The Bertz CT molecular complexity index is 834. The van der Waals surface area contributed by atoms with Crippen molar-refractivity contribution in [3.05, 3.63) is 58.5 Å². The summed E-state index contributed by atoms with van der Waals surface area (Å²) in [5, 5.41) is 9.88. The van der Waals surface area contributed by atoms with E-state index >= 15 is 0 Å². The fraction of sp³-hybridized carbons (Fsp3) is 0.312. The number of fused-ring (bicyclic) bond motifs is 1. The second-order valence-corrected chi connectivity index (χ2v) is 5.55. The van der Waals surface area contributed by atoms with Crippen molar-refractivity contribution in [1.29, 1.82) is 0 Å². The number of hydrogen-bond acceptors (Lipinski definition) is 1. The summed E-state index contributed by atoms with van der Waals surface area (Å²) < 4.78 is 68.2. The van der Waals surface area contributed by atoms with Crippen LogP contribution < -0.4 is 0 Å². The number of rotatable bonds is 1. The van der Waals surface area contributed by atoms with Gasteiger partial charge in [-0.3, -0.25) is 0 Å². The fourth-order valence-electron chi connectivity index (χ4n) is 2.98. The highest BCUT2D eigenvalue weighted by Crippen LogP contribution is 2.43. The molecule has 1 aromatic heterocycles. The number of alkyl halides is 4. The maximum absolute atomic E-state index is 13.7. The van der Waals surface area contributed by atoms with E-state index in [4.69, 9.17) is 6.57 Å². The number of benzene rings is 1. The van der Waals surface area contributed by atoms with E-state index in [1.807, 2.05) is 0 Å². The summed E-state index contributed by atoms with van der Waals surface area (Å²) in [6.07, 6.45) is -7.92. The molecule has 1 aliphatic rings. The summed E-state index contributed by atoms with van der Waals surface area (Å²) in [5.74, 6) is -0.769. The summed E-state index contributed by atoms with van der Waals surface area (Å²) in [4.78, 5) is 3.08. The maximum atomic E-state index is 13.7. The molecule has 3 rings (SSSR count). The van der Waals surface area contributed by atoms with E-state index in [0.717, 1.165) is 16.7 Å². The van der Waals surface area contributed by atoms with E-state index < -0.39 is 35.4 Å².